The van der Waals surface area contributed by atoms with E-state index in [0.29, 0.717) is 18.7 Å². The van der Waals surface area contributed by atoms with Gasteiger partial charge >= 0.3 is 0 Å². The van der Waals surface area contributed by atoms with Gasteiger partial charge in [-0.2, -0.15) is 0 Å². The van der Waals surface area contributed by atoms with Gasteiger partial charge in [-0.3, -0.25) is 4.79 Å². The molecule has 1 amide bonds. The highest BCUT2D eigenvalue weighted by Gasteiger charge is 2.21. The first-order valence-corrected chi connectivity index (χ1v) is 5.96. The number of carbonyl (C=O) groups is 1. The van der Waals surface area contributed by atoms with Crippen LogP contribution >= 0.6 is 11.6 Å². The van der Waals surface area contributed by atoms with Crippen molar-refractivity contribution in [2.24, 2.45) is 0 Å². The maximum Gasteiger partial charge on any atom is 0.254 e. The van der Waals surface area contributed by atoms with E-state index in [1.54, 1.807) is 19.1 Å². The number of aromatic hydroxyl groups is 1. The molecule has 98 valence electrons. The molecule has 5 heteroatoms. The molecule has 0 spiro atoms. The normalized spacial score (nSPS) is 11.9. The van der Waals surface area contributed by atoms with Gasteiger partial charge in [0.2, 0.25) is 0 Å². The number of halogens is 1. The molecule has 0 radical (unpaired) electrons. The Morgan fingerprint density at radius 2 is 2.39 bits per heavy atom. The Kier molecular flexibility index (Phi) is 5.68. The Labute approximate surface area is 111 Å². The molecule has 0 aliphatic heterocycles. The Balaban J connectivity index is 2.92. The number of phenolic OH excluding ortho intramolecular Hbond substituents is 1. The van der Waals surface area contributed by atoms with Crippen molar-refractivity contribution < 1.29 is 14.6 Å². The van der Waals surface area contributed by atoms with Crippen molar-refractivity contribution in [2.45, 2.75) is 13.0 Å². The molecule has 1 unspecified atom stereocenters. The molecule has 1 rings (SSSR count). The van der Waals surface area contributed by atoms with E-state index in [0.717, 1.165) is 0 Å². The van der Waals surface area contributed by atoms with Crippen LogP contribution in [0.15, 0.2) is 30.9 Å². The lowest BCUT2D eigenvalue weighted by atomic mass is 10.1. The van der Waals surface area contributed by atoms with Gasteiger partial charge in [-0.25, -0.2) is 0 Å². The second-order valence-corrected chi connectivity index (χ2v) is 3.99. The van der Waals surface area contributed by atoms with Crippen molar-refractivity contribution in [3.05, 3.63) is 41.4 Å². The van der Waals surface area contributed by atoms with Gasteiger partial charge in [-0.05, 0) is 24.6 Å². The van der Waals surface area contributed by atoms with Gasteiger partial charge in [0.1, 0.15) is 5.75 Å². The van der Waals surface area contributed by atoms with E-state index in [9.17, 15) is 9.90 Å². The zero-order chi connectivity index (χ0) is 13.5. The van der Waals surface area contributed by atoms with Crippen molar-refractivity contribution in [3.8, 4) is 5.75 Å². The molecule has 4 nitrogen and oxygen atoms in total. The van der Waals surface area contributed by atoms with E-state index in [4.69, 9.17) is 16.3 Å². The van der Waals surface area contributed by atoms with Crippen molar-refractivity contribution in [3.63, 3.8) is 0 Å². The number of rotatable bonds is 6. The van der Waals surface area contributed by atoms with E-state index < -0.39 is 6.10 Å². The van der Waals surface area contributed by atoms with Gasteiger partial charge in [0.25, 0.3) is 5.91 Å². The van der Waals surface area contributed by atoms with Crippen LogP contribution in [0.5, 0.6) is 5.75 Å². The lowest BCUT2D eigenvalue weighted by molar-refractivity contribution is -0.132. The monoisotopic (exact) mass is 269 g/mol. The van der Waals surface area contributed by atoms with Gasteiger partial charge < -0.3 is 15.2 Å². The molecule has 1 aromatic carbocycles. The summed E-state index contributed by atoms with van der Waals surface area (Å²) in [5.41, 5.74) is 0.598. The molecule has 0 aliphatic carbocycles. The molecular formula is C13H16ClNO3. The SMILES string of the molecule is C=CCNC(=O)C(OCC)c1ccc(O)c(Cl)c1. The number of ether oxygens (including phenoxy) is 1. The smallest absolute Gasteiger partial charge is 0.254 e. The van der Waals surface area contributed by atoms with Crippen molar-refractivity contribution >= 4 is 17.5 Å². The van der Waals surface area contributed by atoms with Crippen LogP contribution in [0.4, 0.5) is 0 Å². The average molecular weight is 270 g/mol. The fraction of sp³-hybridized carbons (Fsp3) is 0.308. The molecule has 0 saturated carbocycles. The molecule has 0 heterocycles. The fourth-order valence-electron chi connectivity index (χ4n) is 1.44. The van der Waals surface area contributed by atoms with E-state index >= 15 is 0 Å². The highest BCUT2D eigenvalue weighted by Crippen LogP contribution is 2.28. The minimum absolute atomic E-state index is 0.0258. The summed E-state index contributed by atoms with van der Waals surface area (Å²) in [5, 5.41) is 12.2. The van der Waals surface area contributed by atoms with Crippen LogP contribution in [0.2, 0.25) is 5.02 Å². The maximum absolute atomic E-state index is 11.9. The number of hydrogen-bond acceptors (Lipinski definition) is 3. The molecule has 0 aromatic heterocycles. The number of carbonyl (C=O) groups excluding carboxylic acids is 1. The van der Waals surface area contributed by atoms with E-state index in [-0.39, 0.29) is 16.7 Å². The lowest BCUT2D eigenvalue weighted by Crippen LogP contribution is -2.31. The van der Waals surface area contributed by atoms with Gasteiger partial charge in [0.15, 0.2) is 6.10 Å². The van der Waals surface area contributed by atoms with Crippen LogP contribution in [0, 0.1) is 0 Å². The third kappa shape index (κ3) is 3.75. The van der Waals surface area contributed by atoms with Crippen LogP contribution in [-0.4, -0.2) is 24.2 Å². The zero-order valence-electron chi connectivity index (χ0n) is 10.1. The topological polar surface area (TPSA) is 58.6 Å². The van der Waals surface area contributed by atoms with E-state index in [1.807, 2.05) is 0 Å². The van der Waals surface area contributed by atoms with Gasteiger partial charge in [0, 0.05) is 13.2 Å². The van der Waals surface area contributed by atoms with Crippen LogP contribution < -0.4 is 5.32 Å². The summed E-state index contributed by atoms with van der Waals surface area (Å²) in [4.78, 5) is 11.9. The summed E-state index contributed by atoms with van der Waals surface area (Å²) in [6.07, 6.45) is 0.845. The number of hydrogen-bond donors (Lipinski definition) is 2. The minimum atomic E-state index is -0.743. The Hall–Kier alpha value is -1.52. The van der Waals surface area contributed by atoms with E-state index in [1.165, 1.54) is 12.1 Å². The Morgan fingerprint density at radius 1 is 1.67 bits per heavy atom. The molecule has 18 heavy (non-hydrogen) atoms. The minimum Gasteiger partial charge on any atom is -0.506 e. The standard InChI is InChI=1S/C13H16ClNO3/c1-3-7-15-13(17)12(18-4-2)9-5-6-11(16)10(14)8-9/h3,5-6,8,12,16H,1,4,7H2,2H3,(H,15,17). The second-order valence-electron chi connectivity index (χ2n) is 3.58. The number of phenols is 1. The van der Waals surface area contributed by atoms with Crippen LogP contribution in [0.25, 0.3) is 0 Å². The molecule has 1 atom stereocenters. The molecule has 0 bridgehead atoms. The van der Waals surface area contributed by atoms with Crippen molar-refractivity contribution in [1.82, 2.24) is 5.32 Å². The quantitative estimate of drug-likeness (QED) is 0.780. The summed E-state index contributed by atoms with van der Waals surface area (Å²) in [6, 6.07) is 4.56. The maximum atomic E-state index is 11.9. The zero-order valence-corrected chi connectivity index (χ0v) is 10.9. The van der Waals surface area contributed by atoms with Crippen LogP contribution in [0.1, 0.15) is 18.6 Å². The largest absolute Gasteiger partial charge is 0.506 e. The van der Waals surface area contributed by atoms with Crippen molar-refractivity contribution in [1.29, 1.82) is 0 Å². The Morgan fingerprint density at radius 3 is 2.94 bits per heavy atom. The highest BCUT2D eigenvalue weighted by molar-refractivity contribution is 6.32. The number of amides is 1. The third-order valence-corrected chi connectivity index (χ3v) is 2.57. The van der Waals surface area contributed by atoms with Crippen molar-refractivity contribution in [2.75, 3.05) is 13.2 Å². The van der Waals surface area contributed by atoms with Crippen LogP contribution in [-0.2, 0) is 9.53 Å². The molecule has 0 aliphatic rings. The molecule has 1 aromatic rings. The average Bonchev–Trinajstić information content (AvgIpc) is 2.36. The lowest BCUT2D eigenvalue weighted by Gasteiger charge is -2.17. The molecule has 0 fully saturated rings. The molecular weight excluding hydrogens is 254 g/mol. The highest BCUT2D eigenvalue weighted by atomic mass is 35.5. The summed E-state index contributed by atoms with van der Waals surface area (Å²) < 4.78 is 5.40. The number of nitrogens with one attached hydrogen (secondary N) is 1. The summed E-state index contributed by atoms with van der Waals surface area (Å²) in [5.74, 6) is -0.291. The first-order valence-electron chi connectivity index (χ1n) is 5.58. The summed E-state index contributed by atoms with van der Waals surface area (Å²) >= 11 is 5.81. The second kappa shape index (κ2) is 7.03. The fourth-order valence-corrected chi connectivity index (χ4v) is 1.63. The third-order valence-electron chi connectivity index (χ3n) is 2.27. The number of benzene rings is 1. The van der Waals surface area contributed by atoms with Gasteiger partial charge in [-0.1, -0.05) is 23.7 Å². The first kappa shape index (κ1) is 14.5. The predicted octanol–water partition coefficient (Wildman–Crippen LogP) is 2.43. The molecule has 0 saturated heterocycles. The summed E-state index contributed by atoms with van der Waals surface area (Å²) in [6.45, 7) is 6.09. The van der Waals surface area contributed by atoms with Crippen LogP contribution in [0.3, 0.4) is 0 Å². The predicted molar refractivity (Wildman–Crippen MR) is 70.7 cm³/mol. The first-order chi connectivity index (χ1) is 8.60. The Bertz CT molecular complexity index is 434. The van der Waals surface area contributed by atoms with Gasteiger partial charge in [-0.15, -0.1) is 6.58 Å². The summed E-state index contributed by atoms with van der Waals surface area (Å²) in [7, 11) is 0. The van der Waals surface area contributed by atoms with E-state index in [2.05, 4.69) is 11.9 Å². The van der Waals surface area contributed by atoms with Gasteiger partial charge in [0.05, 0.1) is 5.02 Å². The molecule has 2 N–H and O–H groups in total.